The van der Waals surface area contributed by atoms with E-state index in [-0.39, 0.29) is 4.99 Å². The van der Waals surface area contributed by atoms with Crippen LogP contribution in [0.25, 0.3) is 0 Å². The van der Waals surface area contributed by atoms with Crippen LogP contribution in [0.1, 0.15) is 35.1 Å². The zero-order valence-electron chi connectivity index (χ0n) is 12.7. The molecule has 0 aromatic carbocycles. The third kappa shape index (κ3) is 3.36. The maximum Gasteiger partial charge on any atom is 0.230 e. The van der Waals surface area contributed by atoms with Crippen molar-refractivity contribution in [3.05, 3.63) is 46.4 Å². The van der Waals surface area contributed by atoms with E-state index in [1.807, 2.05) is 45.9 Å². The van der Waals surface area contributed by atoms with E-state index in [4.69, 9.17) is 22.7 Å². The first-order chi connectivity index (χ1) is 9.92. The molecule has 0 saturated carbocycles. The van der Waals surface area contributed by atoms with E-state index in [0.717, 1.165) is 29.1 Å². The minimum Gasteiger partial charge on any atom is -0.436 e. The average Bonchev–Trinajstić information content (AvgIpc) is 2.39. The summed E-state index contributed by atoms with van der Waals surface area (Å²) in [5.74, 6) is 1.14. The fourth-order valence-corrected chi connectivity index (χ4v) is 2.47. The Morgan fingerprint density at radius 3 is 2.52 bits per heavy atom. The lowest BCUT2D eigenvalue weighted by Crippen LogP contribution is -2.14. The number of ether oxygens (including phenoxy) is 1. The van der Waals surface area contributed by atoms with Crippen molar-refractivity contribution in [2.24, 2.45) is 5.73 Å². The van der Waals surface area contributed by atoms with Gasteiger partial charge in [0.15, 0.2) is 5.75 Å². The molecule has 0 fully saturated rings. The molecule has 0 aliphatic rings. The lowest BCUT2D eigenvalue weighted by molar-refractivity contribution is 0.451. The maximum atomic E-state index is 5.97. The second-order valence-electron chi connectivity index (χ2n) is 4.98. The molecule has 2 rings (SSSR count). The number of nitrogens with zero attached hydrogens (tertiary/aromatic N) is 2. The van der Waals surface area contributed by atoms with Crippen LogP contribution in [0.5, 0.6) is 11.6 Å². The van der Waals surface area contributed by atoms with Crippen LogP contribution >= 0.6 is 12.2 Å². The van der Waals surface area contributed by atoms with Crippen molar-refractivity contribution in [2.75, 3.05) is 0 Å². The molecule has 21 heavy (non-hydrogen) atoms. The summed E-state index contributed by atoms with van der Waals surface area (Å²) in [7, 11) is 0. The molecule has 110 valence electrons. The number of thiocarbonyl (C=S) groups is 1. The number of hydrogen-bond donors (Lipinski definition) is 1. The highest BCUT2D eigenvalue weighted by Crippen LogP contribution is 2.28. The molecule has 0 unspecified atom stereocenters. The Kier molecular flexibility index (Phi) is 4.53. The largest absolute Gasteiger partial charge is 0.436 e. The van der Waals surface area contributed by atoms with Crippen LogP contribution in [-0.4, -0.2) is 15.0 Å². The van der Waals surface area contributed by atoms with Gasteiger partial charge in [-0.25, -0.2) is 4.98 Å². The molecule has 2 heterocycles. The van der Waals surface area contributed by atoms with Gasteiger partial charge in [-0.1, -0.05) is 19.1 Å². The molecule has 0 aliphatic carbocycles. The number of hydrogen-bond acceptors (Lipinski definition) is 4. The van der Waals surface area contributed by atoms with Gasteiger partial charge < -0.3 is 10.5 Å². The summed E-state index contributed by atoms with van der Waals surface area (Å²) in [5.41, 5.74) is 10.2. The molecule has 2 aromatic heterocycles. The molecule has 4 nitrogen and oxygen atoms in total. The smallest absolute Gasteiger partial charge is 0.230 e. The second-order valence-corrected chi connectivity index (χ2v) is 5.42. The van der Waals surface area contributed by atoms with Crippen LogP contribution in [0.4, 0.5) is 0 Å². The molecular formula is C16H19N3OS. The van der Waals surface area contributed by atoms with E-state index in [1.54, 1.807) is 0 Å². The second kappa shape index (κ2) is 6.18. The molecule has 2 aromatic rings. The minimum atomic E-state index is 0.285. The summed E-state index contributed by atoms with van der Waals surface area (Å²) in [6.45, 7) is 7.86. The van der Waals surface area contributed by atoms with Crippen molar-refractivity contribution in [1.82, 2.24) is 9.97 Å². The average molecular weight is 301 g/mol. The van der Waals surface area contributed by atoms with E-state index >= 15 is 0 Å². The van der Waals surface area contributed by atoms with Crippen LogP contribution in [0, 0.1) is 20.8 Å². The molecule has 0 bridgehead atoms. The van der Waals surface area contributed by atoms with E-state index in [9.17, 15) is 0 Å². The van der Waals surface area contributed by atoms with Gasteiger partial charge in [0.05, 0.1) is 11.3 Å². The van der Waals surface area contributed by atoms with Gasteiger partial charge in [0.2, 0.25) is 5.88 Å². The number of nitrogens with two attached hydrogens (primary N) is 1. The number of pyridine rings is 2. The van der Waals surface area contributed by atoms with Crippen LogP contribution in [0.15, 0.2) is 18.2 Å². The highest BCUT2D eigenvalue weighted by Gasteiger charge is 2.15. The Hall–Kier alpha value is -2.01. The highest BCUT2D eigenvalue weighted by molar-refractivity contribution is 7.80. The van der Waals surface area contributed by atoms with Crippen molar-refractivity contribution in [3.63, 3.8) is 0 Å². The van der Waals surface area contributed by atoms with Crippen LogP contribution in [-0.2, 0) is 6.42 Å². The lowest BCUT2D eigenvalue weighted by atomic mass is 10.1. The quantitative estimate of drug-likeness (QED) is 0.877. The van der Waals surface area contributed by atoms with Crippen molar-refractivity contribution < 1.29 is 4.74 Å². The zero-order valence-corrected chi connectivity index (χ0v) is 13.5. The molecule has 2 N–H and O–H groups in total. The Labute approximate surface area is 130 Å². The Morgan fingerprint density at radius 2 is 1.90 bits per heavy atom. The first-order valence-corrected chi connectivity index (χ1v) is 7.25. The fourth-order valence-electron chi connectivity index (χ4n) is 2.22. The molecule has 0 amide bonds. The zero-order chi connectivity index (χ0) is 15.6. The van der Waals surface area contributed by atoms with Crippen molar-refractivity contribution in [3.8, 4) is 11.6 Å². The van der Waals surface area contributed by atoms with Crippen LogP contribution in [0.2, 0.25) is 0 Å². The standard InChI is InChI=1S/C16H19N3OS/c1-5-12-13(7-6-10(3)18-12)20-16-14(15(17)21)9(2)8-11(4)19-16/h6-8H,5H2,1-4H3,(H2,17,21). The summed E-state index contributed by atoms with van der Waals surface area (Å²) in [6, 6.07) is 5.76. The topological polar surface area (TPSA) is 61.0 Å². The highest BCUT2D eigenvalue weighted by atomic mass is 32.1. The Morgan fingerprint density at radius 1 is 1.19 bits per heavy atom. The first kappa shape index (κ1) is 15.4. The fraction of sp³-hybridized carbons (Fsp3) is 0.312. The van der Waals surface area contributed by atoms with Gasteiger partial charge in [-0.15, -0.1) is 0 Å². The van der Waals surface area contributed by atoms with Gasteiger partial charge in [0.1, 0.15) is 4.99 Å². The molecule has 5 heteroatoms. The molecule has 0 aliphatic heterocycles. The van der Waals surface area contributed by atoms with Gasteiger partial charge in [0.25, 0.3) is 0 Å². The van der Waals surface area contributed by atoms with Crippen LogP contribution in [0.3, 0.4) is 0 Å². The van der Waals surface area contributed by atoms with E-state index < -0.39 is 0 Å². The van der Waals surface area contributed by atoms with Crippen molar-refractivity contribution >= 4 is 17.2 Å². The molecule has 0 radical (unpaired) electrons. The number of aryl methyl sites for hydroxylation is 4. The predicted molar refractivity (Wildman–Crippen MR) is 88.0 cm³/mol. The third-order valence-electron chi connectivity index (χ3n) is 3.17. The molecule has 0 saturated heterocycles. The summed E-state index contributed by atoms with van der Waals surface area (Å²) in [6.07, 6.45) is 0.782. The molecule has 0 atom stereocenters. The van der Waals surface area contributed by atoms with E-state index in [0.29, 0.717) is 17.2 Å². The van der Waals surface area contributed by atoms with E-state index in [2.05, 4.69) is 9.97 Å². The summed E-state index contributed by atoms with van der Waals surface area (Å²) >= 11 is 5.12. The minimum absolute atomic E-state index is 0.285. The third-order valence-corrected chi connectivity index (χ3v) is 3.38. The normalized spacial score (nSPS) is 10.5. The van der Waals surface area contributed by atoms with Crippen molar-refractivity contribution in [2.45, 2.75) is 34.1 Å². The van der Waals surface area contributed by atoms with Gasteiger partial charge >= 0.3 is 0 Å². The van der Waals surface area contributed by atoms with Gasteiger partial charge in [-0.05, 0) is 51.0 Å². The summed E-state index contributed by atoms with van der Waals surface area (Å²) in [4.78, 5) is 9.21. The Bertz CT molecular complexity index is 698. The van der Waals surface area contributed by atoms with Gasteiger partial charge in [0, 0.05) is 11.4 Å². The Balaban J connectivity index is 2.51. The SMILES string of the molecule is CCc1nc(C)ccc1Oc1nc(C)cc(C)c1C(N)=S. The van der Waals surface area contributed by atoms with Gasteiger partial charge in [-0.3, -0.25) is 4.98 Å². The number of aromatic nitrogens is 2. The monoisotopic (exact) mass is 301 g/mol. The van der Waals surface area contributed by atoms with Crippen LogP contribution < -0.4 is 10.5 Å². The maximum absolute atomic E-state index is 5.97. The summed E-state index contributed by atoms with van der Waals surface area (Å²) in [5, 5.41) is 0. The van der Waals surface area contributed by atoms with Gasteiger partial charge in [-0.2, -0.15) is 0 Å². The molecular weight excluding hydrogens is 282 g/mol. The lowest BCUT2D eigenvalue weighted by Gasteiger charge is -2.14. The summed E-state index contributed by atoms with van der Waals surface area (Å²) < 4.78 is 5.97. The molecule has 0 spiro atoms. The first-order valence-electron chi connectivity index (χ1n) is 6.84. The van der Waals surface area contributed by atoms with E-state index in [1.165, 1.54) is 0 Å². The predicted octanol–water partition coefficient (Wildman–Crippen LogP) is 3.39. The number of rotatable bonds is 4. The van der Waals surface area contributed by atoms with Crippen molar-refractivity contribution in [1.29, 1.82) is 0 Å².